The Labute approximate surface area is 122 Å². The number of hydrogen-bond donors (Lipinski definition) is 3. The summed E-state index contributed by atoms with van der Waals surface area (Å²) in [5.41, 5.74) is 2.92. The first-order valence-corrected chi connectivity index (χ1v) is 6.96. The van der Waals surface area contributed by atoms with Gasteiger partial charge in [-0.2, -0.15) is 5.10 Å². The molecule has 0 aliphatic rings. The first-order valence-electron chi connectivity index (χ1n) is 6.96. The molecule has 1 aromatic carbocycles. The third-order valence-electron chi connectivity index (χ3n) is 3.23. The van der Waals surface area contributed by atoms with E-state index in [1.807, 2.05) is 31.2 Å². The Hall–Kier alpha value is -2.63. The van der Waals surface area contributed by atoms with E-state index in [1.165, 1.54) is 0 Å². The molecular weight excluding hydrogens is 266 g/mol. The molecule has 6 nitrogen and oxygen atoms in total. The minimum atomic E-state index is -0.0300. The molecule has 0 saturated heterocycles. The van der Waals surface area contributed by atoms with Crippen molar-refractivity contribution in [1.82, 2.24) is 20.2 Å². The number of para-hydroxylation sites is 2. The highest BCUT2D eigenvalue weighted by atomic mass is 16.1. The lowest BCUT2D eigenvalue weighted by Crippen LogP contribution is -2.11. The van der Waals surface area contributed by atoms with E-state index < -0.39 is 0 Å². The Balaban J connectivity index is 1.50. The summed E-state index contributed by atoms with van der Waals surface area (Å²) in [6, 6.07) is 9.72. The molecule has 1 amide bonds. The van der Waals surface area contributed by atoms with Gasteiger partial charge < -0.3 is 10.3 Å². The molecule has 0 bridgehead atoms. The minimum Gasteiger partial charge on any atom is -0.342 e. The van der Waals surface area contributed by atoms with Crippen LogP contribution in [0.3, 0.4) is 0 Å². The molecule has 108 valence electrons. The summed E-state index contributed by atoms with van der Waals surface area (Å²) in [5.74, 6) is 1.46. The number of rotatable bonds is 5. The zero-order valence-corrected chi connectivity index (χ0v) is 11.8. The van der Waals surface area contributed by atoms with Crippen molar-refractivity contribution in [2.24, 2.45) is 0 Å². The molecule has 0 atom stereocenters. The van der Waals surface area contributed by atoms with Gasteiger partial charge in [-0.05, 0) is 25.5 Å². The molecule has 2 aromatic heterocycles. The zero-order chi connectivity index (χ0) is 14.7. The smallest absolute Gasteiger partial charge is 0.225 e. The van der Waals surface area contributed by atoms with E-state index in [0.29, 0.717) is 12.2 Å². The summed E-state index contributed by atoms with van der Waals surface area (Å²) < 4.78 is 0. The number of imidazole rings is 1. The number of H-pyrrole nitrogens is 2. The van der Waals surface area contributed by atoms with Crippen molar-refractivity contribution in [3.05, 3.63) is 41.9 Å². The van der Waals surface area contributed by atoms with Gasteiger partial charge in [-0.3, -0.25) is 9.89 Å². The van der Waals surface area contributed by atoms with Crippen LogP contribution in [0.4, 0.5) is 5.82 Å². The fourth-order valence-electron chi connectivity index (χ4n) is 2.23. The fraction of sp³-hybridized carbons (Fsp3) is 0.267. The van der Waals surface area contributed by atoms with Crippen LogP contribution in [0.25, 0.3) is 11.0 Å². The van der Waals surface area contributed by atoms with Gasteiger partial charge in [-0.15, -0.1) is 0 Å². The van der Waals surface area contributed by atoms with E-state index in [0.717, 1.165) is 35.4 Å². The van der Waals surface area contributed by atoms with Crippen LogP contribution in [-0.2, 0) is 11.2 Å². The van der Waals surface area contributed by atoms with Gasteiger partial charge in [0.15, 0.2) is 5.82 Å². The van der Waals surface area contributed by atoms with E-state index in [2.05, 4.69) is 25.5 Å². The number of aryl methyl sites for hydroxylation is 2. The Kier molecular flexibility index (Phi) is 3.68. The van der Waals surface area contributed by atoms with Gasteiger partial charge in [-0.1, -0.05) is 12.1 Å². The predicted octanol–water partition coefficient (Wildman–Crippen LogP) is 2.56. The number of carbonyl (C=O) groups is 1. The largest absolute Gasteiger partial charge is 0.342 e. The van der Waals surface area contributed by atoms with Crippen molar-refractivity contribution in [2.45, 2.75) is 26.2 Å². The number of nitrogens with zero attached hydrogens (tertiary/aromatic N) is 2. The molecule has 0 fully saturated rings. The highest BCUT2D eigenvalue weighted by Gasteiger charge is 2.06. The van der Waals surface area contributed by atoms with Crippen LogP contribution in [0, 0.1) is 6.92 Å². The second-order valence-corrected chi connectivity index (χ2v) is 5.04. The lowest BCUT2D eigenvalue weighted by atomic mass is 10.2. The van der Waals surface area contributed by atoms with Crippen molar-refractivity contribution in [3.63, 3.8) is 0 Å². The van der Waals surface area contributed by atoms with Gasteiger partial charge in [-0.25, -0.2) is 4.98 Å². The number of fused-ring (bicyclic) bond motifs is 1. The lowest BCUT2D eigenvalue weighted by molar-refractivity contribution is -0.116. The van der Waals surface area contributed by atoms with E-state index in [4.69, 9.17) is 0 Å². The minimum absolute atomic E-state index is 0.0300. The van der Waals surface area contributed by atoms with Gasteiger partial charge in [0.2, 0.25) is 5.91 Å². The Morgan fingerprint density at radius 3 is 2.95 bits per heavy atom. The summed E-state index contributed by atoms with van der Waals surface area (Å²) in [6.07, 6.45) is 1.94. The highest BCUT2D eigenvalue weighted by Crippen LogP contribution is 2.12. The molecule has 6 heteroatoms. The van der Waals surface area contributed by atoms with Crippen molar-refractivity contribution in [2.75, 3.05) is 5.32 Å². The SMILES string of the molecule is Cc1cc(NC(=O)CCCc2nc3ccccc3[nH]2)n[nH]1. The number of aromatic amines is 2. The standard InChI is InChI=1S/C15H17N5O/c1-10-9-14(20-19-10)18-15(21)8-4-7-13-16-11-5-2-3-6-12(11)17-13/h2-3,5-6,9H,4,7-8H2,1H3,(H,16,17)(H2,18,19,20,21). The molecule has 0 aliphatic carbocycles. The van der Waals surface area contributed by atoms with Crippen LogP contribution in [0.15, 0.2) is 30.3 Å². The molecule has 3 N–H and O–H groups in total. The van der Waals surface area contributed by atoms with Crippen LogP contribution in [0.2, 0.25) is 0 Å². The van der Waals surface area contributed by atoms with Gasteiger partial charge in [0.1, 0.15) is 5.82 Å². The van der Waals surface area contributed by atoms with Gasteiger partial charge >= 0.3 is 0 Å². The maximum Gasteiger partial charge on any atom is 0.225 e. The quantitative estimate of drug-likeness (QED) is 0.672. The first kappa shape index (κ1) is 13.4. The van der Waals surface area contributed by atoms with E-state index >= 15 is 0 Å². The molecule has 0 spiro atoms. The van der Waals surface area contributed by atoms with Crippen LogP contribution < -0.4 is 5.32 Å². The fourth-order valence-corrected chi connectivity index (χ4v) is 2.23. The number of hydrogen-bond acceptors (Lipinski definition) is 3. The second-order valence-electron chi connectivity index (χ2n) is 5.04. The number of amides is 1. The highest BCUT2D eigenvalue weighted by molar-refractivity contribution is 5.89. The monoisotopic (exact) mass is 283 g/mol. The molecule has 3 aromatic rings. The van der Waals surface area contributed by atoms with E-state index in [-0.39, 0.29) is 5.91 Å². The second kappa shape index (κ2) is 5.78. The average molecular weight is 283 g/mol. The molecule has 0 unspecified atom stereocenters. The summed E-state index contributed by atoms with van der Waals surface area (Å²) in [4.78, 5) is 19.5. The number of benzene rings is 1. The summed E-state index contributed by atoms with van der Waals surface area (Å²) >= 11 is 0. The van der Waals surface area contributed by atoms with Crippen molar-refractivity contribution in [3.8, 4) is 0 Å². The Morgan fingerprint density at radius 1 is 1.33 bits per heavy atom. The van der Waals surface area contributed by atoms with Crippen molar-refractivity contribution >= 4 is 22.8 Å². The third kappa shape index (κ3) is 3.28. The molecular formula is C15H17N5O. The normalized spacial score (nSPS) is 10.9. The third-order valence-corrected chi connectivity index (χ3v) is 3.23. The number of carbonyl (C=O) groups excluding carboxylic acids is 1. The molecule has 21 heavy (non-hydrogen) atoms. The molecule has 0 radical (unpaired) electrons. The summed E-state index contributed by atoms with van der Waals surface area (Å²) in [5, 5.41) is 9.53. The number of nitrogens with one attached hydrogen (secondary N) is 3. The van der Waals surface area contributed by atoms with Gasteiger partial charge in [0, 0.05) is 24.6 Å². The number of aromatic nitrogens is 4. The summed E-state index contributed by atoms with van der Waals surface area (Å²) in [7, 11) is 0. The van der Waals surface area contributed by atoms with Crippen molar-refractivity contribution < 1.29 is 4.79 Å². The van der Waals surface area contributed by atoms with Crippen LogP contribution in [-0.4, -0.2) is 26.1 Å². The van der Waals surface area contributed by atoms with Crippen LogP contribution in [0.5, 0.6) is 0 Å². The maximum absolute atomic E-state index is 11.8. The number of anilines is 1. The van der Waals surface area contributed by atoms with Gasteiger partial charge in [0.25, 0.3) is 0 Å². The molecule has 0 aliphatic heterocycles. The van der Waals surface area contributed by atoms with Crippen LogP contribution in [0.1, 0.15) is 24.4 Å². The predicted molar refractivity (Wildman–Crippen MR) is 81.0 cm³/mol. The van der Waals surface area contributed by atoms with Crippen LogP contribution >= 0.6 is 0 Å². The summed E-state index contributed by atoms with van der Waals surface area (Å²) in [6.45, 7) is 1.89. The van der Waals surface area contributed by atoms with E-state index in [1.54, 1.807) is 6.07 Å². The van der Waals surface area contributed by atoms with Gasteiger partial charge in [0.05, 0.1) is 11.0 Å². The average Bonchev–Trinajstić information content (AvgIpc) is 3.04. The molecule has 2 heterocycles. The zero-order valence-electron chi connectivity index (χ0n) is 11.8. The lowest BCUT2D eigenvalue weighted by Gasteiger charge is -2.00. The first-order chi connectivity index (χ1) is 10.2. The molecule has 3 rings (SSSR count). The maximum atomic E-state index is 11.8. The Bertz CT molecular complexity index is 725. The van der Waals surface area contributed by atoms with E-state index in [9.17, 15) is 4.79 Å². The molecule has 0 saturated carbocycles. The Morgan fingerprint density at radius 2 is 2.19 bits per heavy atom. The topological polar surface area (TPSA) is 86.5 Å². The van der Waals surface area contributed by atoms with Crippen molar-refractivity contribution in [1.29, 1.82) is 0 Å².